The summed E-state index contributed by atoms with van der Waals surface area (Å²) in [4.78, 5) is 23.2. The molecule has 1 rings (SSSR count). The minimum atomic E-state index is -1.15. The third kappa shape index (κ3) is 3.80. The molecule has 0 aromatic heterocycles. The first-order valence-electron chi connectivity index (χ1n) is 5.37. The molecule has 0 unspecified atom stereocenters. The monoisotopic (exact) mass is 257 g/mol. The number of carbonyl (C=O) groups excluding carboxylic acids is 1. The topological polar surface area (TPSA) is 57.6 Å². The zero-order valence-electron chi connectivity index (χ0n) is 9.82. The first kappa shape index (κ1) is 14.1. The molecule has 1 aromatic rings. The van der Waals surface area contributed by atoms with Gasteiger partial charge in [0.25, 0.3) is 0 Å². The first-order chi connectivity index (χ1) is 8.43. The standard InChI is InChI=1S/C12H13F2NO3/c1-2-11(16)15(7-12(17)18)6-8-3-4-9(13)10(14)5-8/h3-5H,2,6-7H2,1H3,(H,17,18). The minimum absolute atomic E-state index is 0.0594. The summed E-state index contributed by atoms with van der Waals surface area (Å²) in [6.07, 6.45) is 0.150. The van der Waals surface area contributed by atoms with E-state index in [1.165, 1.54) is 6.07 Å². The van der Waals surface area contributed by atoms with Gasteiger partial charge in [0.05, 0.1) is 0 Å². The molecule has 98 valence electrons. The summed E-state index contributed by atoms with van der Waals surface area (Å²) < 4.78 is 25.7. The normalized spacial score (nSPS) is 10.2. The van der Waals surface area contributed by atoms with E-state index in [1.54, 1.807) is 6.92 Å². The van der Waals surface area contributed by atoms with Crippen molar-refractivity contribution in [2.75, 3.05) is 6.54 Å². The van der Waals surface area contributed by atoms with Gasteiger partial charge < -0.3 is 10.0 Å². The SMILES string of the molecule is CCC(=O)N(CC(=O)O)Cc1ccc(F)c(F)c1. The van der Waals surface area contributed by atoms with Crippen LogP contribution in [0.5, 0.6) is 0 Å². The van der Waals surface area contributed by atoms with Gasteiger partial charge in [0.1, 0.15) is 6.54 Å². The third-order valence-corrected chi connectivity index (χ3v) is 2.34. The number of halogens is 2. The summed E-state index contributed by atoms with van der Waals surface area (Å²) in [5.74, 6) is -3.52. The Morgan fingerprint density at radius 1 is 1.28 bits per heavy atom. The van der Waals surface area contributed by atoms with Gasteiger partial charge in [0.2, 0.25) is 5.91 Å². The van der Waals surface area contributed by atoms with Crippen molar-refractivity contribution in [3.8, 4) is 0 Å². The highest BCUT2D eigenvalue weighted by atomic mass is 19.2. The van der Waals surface area contributed by atoms with Crippen LogP contribution in [0.25, 0.3) is 0 Å². The molecule has 0 spiro atoms. The van der Waals surface area contributed by atoms with Crippen molar-refractivity contribution < 1.29 is 23.5 Å². The van der Waals surface area contributed by atoms with E-state index in [1.807, 2.05) is 0 Å². The van der Waals surface area contributed by atoms with Gasteiger partial charge in [-0.25, -0.2) is 8.78 Å². The Morgan fingerprint density at radius 2 is 1.94 bits per heavy atom. The van der Waals surface area contributed by atoms with E-state index >= 15 is 0 Å². The lowest BCUT2D eigenvalue weighted by Gasteiger charge is -2.20. The predicted octanol–water partition coefficient (Wildman–Crippen LogP) is 1.79. The molecule has 0 saturated heterocycles. The second kappa shape index (κ2) is 6.09. The number of carboxylic acids is 1. The van der Waals surface area contributed by atoms with E-state index in [0.717, 1.165) is 17.0 Å². The highest BCUT2D eigenvalue weighted by Crippen LogP contribution is 2.11. The highest BCUT2D eigenvalue weighted by molar-refractivity contribution is 5.81. The van der Waals surface area contributed by atoms with Crippen LogP contribution in [0.2, 0.25) is 0 Å². The van der Waals surface area contributed by atoms with Crippen molar-refractivity contribution in [3.63, 3.8) is 0 Å². The van der Waals surface area contributed by atoms with Crippen molar-refractivity contribution in [2.24, 2.45) is 0 Å². The maximum Gasteiger partial charge on any atom is 0.323 e. The van der Waals surface area contributed by atoms with Crippen molar-refractivity contribution >= 4 is 11.9 Å². The van der Waals surface area contributed by atoms with Crippen LogP contribution >= 0.6 is 0 Å². The van der Waals surface area contributed by atoms with Crippen molar-refractivity contribution in [2.45, 2.75) is 19.9 Å². The molecule has 0 radical (unpaired) electrons. The van der Waals surface area contributed by atoms with Crippen LogP contribution in [0, 0.1) is 11.6 Å². The molecule has 0 saturated carbocycles. The smallest absolute Gasteiger partial charge is 0.323 e. The Labute approximate surface area is 103 Å². The molecule has 0 heterocycles. The molecule has 0 atom stereocenters. The largest absolute Gasteiger partial charge is 0.480 e. The number of hydrogen-bond acceptors (Lipinski definition) is 2. The number of aliphatic carboxylic acids is 1. The van der Waals surface area contributed by atoms with Crippen molar-refractivity contribution in [3.05, 3.63) is 35.4 Å². The van der Waals surface area contributed by atoms with E-state index in [4.69, 9.17) is 5.11 Å². The van der Waals surface area contributed by atoms with Gasteiger partial charge in [0.15, 0.2) is 11.6 Å². The molecule has 4 nitrogen and oxygen atoms in total. The molecule has 1 aromatic carbocycles. The molecule has 0 aliphatic carbocycles. The van der Waals surface area contributed by atoms with Gasteiger partial charge in [-0.3, -0.25) is 9.59 Å². The summed E-state index contributed by atoms with van der Waals surface area (Å²) in [7, 11) is 0. The average molecular weight is 257 g/mol. The first-order valence-corrected chi connectivity index (χ1v) is 5.37. The summed E-state index contributed by atoms with van der Waals surface area (Å²) in [6, 6.07) is 3.21. The second-order valence-electron chi connectivity index (χ2n) is 3.75. The maximum absolute atomic E-state index is 13.0. The van der Waals surface area contributed by atoms with Gasteiger partial charge in [0, 0.05) is 13.0 Å². The highest BCUT2D eigenvalue weighted by Gasteiger charge is 2.16. The van der Waals surface area contributed by atoms with Gasteiger partial charge in [-0.1, -0.05) is 13.0 Å². The van der Waals surface area contributed by atoms with E-state index in [-0.39, 0.29) is 18.9 Å². The number of nitrogens with zero attached hydrogens (tertiary/aromatic N) is 1. The molecule has 0 aliphatic rings. The van der Waals surface area contributed by atoms with Gasteiger partial charge in [-0.2, -0.15) is 0 Å². The number of benzene rings is 1. The summed E-state index contributed by atoms with van der Waals surface area (Å²) >= 11 is 0. The Hall–Kier alpha value is -1.98. The van der Waals surface area contributed by atoms with Crippen LogP contribution in [0.1, 0.15) is 18.9 Å². The summed E-state index contributed by atoms with van der Waals surface area (Å²) in [5.41, 5.74) is 0.344. The van der Waals surface area contributed by atoms with E-state index in [9.17, 15) is 18.4 Å². The molecule has 1 amide bonds. The molecular formula is C12H13F2NO3. The Kier molecular flexibility index (Phi) is 4.76. The Bertz CT molecular complexity index is 463. The summed E-state index contributed by atoms with van der Waals surface area (Å²) in [5, 5.41) is 8.68. The number of amides is 1. The molecule has 1 N–H and O–H groups in total. The zero-order chi connectivity index (χ0) is 13.7. The third-order valence-electron chi connectivity index (χ3n) is 2.34. The van der Waals surface area contributed by atoms with Crippen LogP contribution in [-0.4, -0.2) is 28.4 Å². The summed E-state index contributed by atoms with van der Waals surface area (Å²) in [6.45, 7) is 1.07. The van der Waals surface area contributed by atoms with E-state index in [2.05, 4.69) is 0 Å². The quantitative estimate of drug-likeness (QED) is 0.874. The van der Waals surface area contributed by atoms with Crippen LogP contribution in [0.4, 0.5) is 8.78 Å². The fourth-order valence-corrected chi connectivity index (χ4v) is 1.48. The van der Waals surface area contributed by atoms with Gasteiger partial charge in [-0.05, 0) is 17.7 Å². The molecule has 0 fully saturated rings. The fourth-order valence-electron chi connectivity index (χ4n) is 1.48. The number of carboxylic acid groups (broad SMARTS) is 1. The average Bonchev–Trinajstić information content (AvgIpc) is 2.31. The minimum Gasteiger partial charge on any atom is -0.480 e. The lowest BCUT2D eigenvalue weighted by molar-refractivity contribution is -0.144. The van der Waals surface area contributed by atoms with Crippen LogP contribution < -0.4 is 0 Å². The molecule has 0 bridgehead atoms. The number of carbonyl (C=O) groups is 2. The second-order valence-corrected chi connectivity index (χ2v) is 3.75. The lowest BCUT2D eigenvalue weighted by Crippen LogP contribution is -2.34. The van der Waals surface area contributed by atoms with Gasteiger partial charge >= 0.3 is 5.97 Å². The molecule has 6 heteroatoms. The number of rotatable bonds is 5. The molecule has 18 heavy (non-hydrogen) atoms. The maximum atomic E-state index is 13.0. The lowest BCUT2D eigenvalue weighted by atomic mass is 10.2. The fraction of sp³-hybridized carbons (Fsp3) is 0.333. The van der Waals surface area contributed by atoms with Crippen molar-refractivity contribution in [1.82, 2.24) is 4.90 Å². The van der Waals surface area contributed by atoms with E-state index < -0.39 is 24.1 Å². The van der Waals surface area contributed by atoms with E-state index in [0.29, 0.717) is 5.56 Å². The van der Waals surface area contributed by atoms with Crippen LogP contribution in [0.15, 0.2) is 18.2 Å². The Balaban J connectivity index is 2.85. The predicted molar refractivity (Wildman–Crippen MR) is 59.7 cm³/mol. The van der Waals surface area contributed by atoms with Crippen LogP contribution in [0.3, 0.4) is 0 Å². The molecular weight excluding hydrogens is 244 g/mol. The Morgan fingerprint density at radius 3 is 2.44 bits per heavy atom. The van der Waals surface area contributed by atoms with Crippen LogP contribution in [-0.2, 0) is 16.1 Å². The zero-order valence-corrected chi connectivity index (χ0v) is 9.82. The van der Waals surface area contributed by atoms with Gasteiger partial charge in [-0.15, -0.1) is 0 Å². The molecule has 0 aliphatic heterocycles. The van der Waals surface area contributed by atoms with Crippen molar-refractivity contribution in [1.29, 1.82) is 0 Å². The number of hydrogen-bond donors (Lipinski definition) is 1.